The third kappa shape index (κ3) is 2.08. The van der Waals surface area contributed by atoms with Gasteiger partial charge in [0.25, 0.3) is 0 Å². The van der Waals surface area contributed by atoms with E-state index < -0.39 is 0 Å². The maximum atomic E-state index is 9.26. The summed E-state index contributed by atoms with van der Waals surface area (Å²) in [5.41, 5.74) is 1.17. The molecule has 1 N–H and O–H groups in total. The van der Waals surface area contributed by atoms with Crippen LogP contribution in [0.25, 0.3) is 0 Å². The van der Waals surface area contributed by atoms with E-state index in [0.29, 0.717) is 6.61 Å². The summed E-state index contributed by atoms with van der Waals surface area (Å²) in [5, 5.41) is 9.26. The highest BCUT2D eigenvalue weighted by Crippen LogP contribution is 2.23. The monoisotopic (exact) mass is 178 g/mol. The predicted octanol–water partition coefficient (Wildman–Crippen LogP) is 1.73. The molecule has 0 bridgehead atoms. The molecule has 70 valence electrons. The van der Waals surface area contributed by atoms with E-state index in [4.69, 9.17) is 4.74 Å². The van der Waals surface area contributed by atoms with E-state index >= 15 is 0 Å². The first-order valence-electron chi connectivity index (χ1n) is 4.70. The van der Waals surface area contributed by atoms with Gasteiger partial charge in [0.05, 0.1) is 18.8 Å². The summed E-state index contributed by atoms with van der Waals surface area (Å²) in [6.07, 6.45) is 1.72. The van der Waals surface area contributed by atoms with Crippen LogP contribution in [0.5, 0.6) is 0 Å². The van der Waals surface area contributed by atoms with Crippen LogP contribution in [-0.2, 0) is 11.3 Å². The summed E-state index contributed by atoms with van der Waals surface area (Å²) in [4.78, 5) is 0. The second-order valence-electron chi connectivity index (χ2n) is 3.48. The van der Waals surface area contributed by atoms with Gasteiger partial charge >= 0.3 is 0 Å². The summed E-state index contributed by atoms with van der Waals surface area (Å²) < 4.78 is 5.53. The lowest BCUT2D eigenvalue weighted by Gasteiger charge is -2.32. The lowest BCUT2D eigenvalue weighted by Crippen LogP contribution is -2.38. The Labute approximate surface area is 78.2 Å². The molecule has 0 aliphatic heterocycles. The van der Waals surface area contributed by atoms with Crippen molar-refractivity contribution in [2.45, 2.75) is 31.7 Å². The summed E-state index contributed by atoms with van der Waals surface area (Å²) >= 11 is 0. The van der Waals surface area contributed by atoms with Crippen LogP contribution >= 0.6 is 0 Å². The summed E-state index contributed by atoms with van der Waals surface area (Å²) in [7, 11) is 0. The van der Waals surface area contributed by atoms with Crippen molar-refractivity contribution in [1.29, 1.82) is 0 Å². The Balaban J connectivity index is 1.80. The van der Waals surface area contributed by atoms with Gasteiger partial charge in [-0.1, -0.05) is 30.3 Å². The average molecular weight is 178 g/mol. The summed E-state index contributed by atoms with van der Waals surface area (Å²) in [6, 6.07) is 10.0. The Kier molecular flexibility index (Phi) is 2.62. The van der Waals surface area contributed by atoms with Crippen molar-refractivity contribution >= 4 is 0 Å². The highest BCUT2D eigenvalue weighted by atomic mass is 16.5. The second kappa shape index (κ2) is 3.90. The van der Waals surface area contributed by atoms with E-state index in [-0.39, 0.29) is 12.2 Å². The SMILES string of the molecule is O[C@H]1CC[C@@H]1OCc1ccccc1. The Morgan fingerprint density at radius 3 is 2.54 bits per heavy atom. The van der Waals surface area contributed by atoms with Gasteiger partial charge in [-0.05, 0) is 18.4 Å². The highest BCUT2D eigenvalue weighted by Gasteiger charge is 2.29. The molecule has 1 aromatic carbocycles. The van der Waals surface area contributed by atoms with Gasteiger partial charge in [-0.25, -0.2) is 0 Å². The topological polar surface area (TPSA) is 29.5 Å². The van der Waals surface area contributed by atoms with Crippen molar-refractivity contribution in [2.75, 3.05) is 0 Å². The first-order chi connectivity index (χ1) is 6.36. The molecule has 0 unspecified atom stereocenters. The molecule has 1 aliphatic carbocycles. The van der Waals surface area contributed by atoms with Gasteiger partial charge in [0.1, 0.15) is 0 Å². The maximum Gasteiger partial charge on any atom is 0.0839 e. The van der Waals surface area contributed by atoms with Crippen LogP contribution in [0, 0.1) is 0 Å². The fraction of sp³-hybridized carbons (Fsp3) is 0.455. The minimum Gasteiger partial charge on any atom is -0.390 e. The van der Waals surface area contributed by atoms with Crippen molar-refractivity contribution in [3.8, 4) is 0 Å². The predicted molar refractivity (Wildman–Crippen MR) is 50.3 cm³/mol. The van der Waals surface area contributed by atoms with Crippen molar-refractivity contribution in [2.24, 2.45) is 0 Å². The highest BCUT2D eigenvalue weighted by molar-refractivity contribution is 5.13. The Bertz CT molecular complexity index is 258. The summed E-state index contributed by atoms with van der Waals surface area (Å²) in [6.45, 7) is 0.614. The molecular formula is C11H14O2. The molecule has 1 fully saturated rings. The zero-order chi connectivity index (χ0) is 9.10. The normalized spacial score (nSPS) is 26.8. The van der Waals surface area contributed by atoms with Crippen molar-refractivity contribution in [3.63, 3.8) is 0 Å². The molecule has 2 heteroatoms. The Morgan fingerprint density at radius 2 is 2.00 bits per heavy atom. The van der Waals surface area contributed by atoms with Gasteiger partial charge in [-0.2, -0.15) is 0 Å². The number of hydrogen-bond acceptors (Lipinski definition) is 2. The molecule has 2 rings (SSSR count). The van der Waals surface area contributed by atoms with E-state index in [2.05, 4.69) is 0 Å². The molecule has 0 aromatic heterocycles. The average Bonchev–Trinajstić information content (AvgIpc) is 2.17. The fourth-order valence-corrected chi connectivity index (χ4v) is 1.42. The van der Waals surface area contributed by atoms with Crippen molar-refractivity contribution in [1.82, 2.24) is 0 Å². The molecule has 2 nitrogen and oxygen atoms in total. The van der Waals surface area contributed by atoms with Gasteiger partial charge in [0.15, 0.2) is 0 Å². The number of rotatable bonds is 3. The van der Waals surface area contributed by atoms with Crippen LogP contribution < -0.4 is 0 Å². The van der Waals surface area contributed by atoms with Crippen LogP contribution in [0.15, 0.2) is 30.3 Å². The zero-order valence-electron chi connectivity index (χ0n) is 7.52. The fourth-order valence-electron chi connectivity index (χ4n) is 1.42. The van der Waals surface area contributed by atoms with Crippen molar-refractivity contribution < 1.29 is 9.84 Å². The van der Waals surface area contributed by atoms with Gasteiger partial charge in [0.2, 0.25) is 0 Å². The van der Waals surface area contributed by atoms with Crippen LogP contribution in [0.3, 0.4) is 0 Å². The summed E-state index contributed by atoms with van der Waals surface area (Å²) in [5.74, 6) is 0. The van der Waals surface area contributed by atoms with E-state index in [1.807, 2.05) is 30.3 Å². The minimum atomic E-state index is -0.233. The molecule has 0 saturated heterocycles. The first-order valence-corrected chi connectivity index (χ1v) is 4.70. The molecule has 0 amide bonds. The van der Waals surface area contributed by atoms with Gasteiger partial charge < -0.3 is 9.84 Å². The first kappa shape index (κ1) is 8.73. The van der Waals surface area contributed by atoms with Crippen molar-refractivity contribution in [3.05, 3.63) is 35.9 Å². The molecule has 1 aliphatic rings. The third-order valence-electron chi connectivity index (χ3n) is 2.48. The molecule has 2 atom stereocenters. The molecule has 0 spiro atoms. The van der Waals surface area contributed by atoms with Gasteiger partial charge in [-0.3, -0.25) is 0 Å². The zero-order valence-corrected chi connectivity index (χ0v) is 7.52. The van der Waals surface area contributed by atoms with Crippen LogP contribution in [0.1, 0.15) is 18.4 Å². The number of ether oxygens (including phenoxy) is 1. The van der Waals surface area contributed by atoms with Crippen LogP contribution in [-0.4, -0.2) is 17.3 Å². The second-order valence-corrected chi connectivity index (χ2v) is 3.48. The minimum absolute atomic E-state index is 0.0696. The number of benzene rings is 1. The van der Waals surface area contributed by atoms with E-state index in [1.165, 1.54) is 5.56 Å². The van der Waals surface area contributed by atoms with E-state index in [1.54, 1.807) is 0 Å². The number of aliphatic hydroxyl groups excluding tert-OH is 1. The molecule has 0 radical (unpaired) electrons. The lowest BCUT2D eigenvalue weighted by atomic mass is 9.92. The quantitative estimate of drug-likeness (QED) is 0.763. The van der Waals surface area contributed by atoms with Crippen LogP contribution in [0.2, 0.25) is 0 Å². The van der Waals surface area contributed by atoms with E-state index in [0.717, 1.165) is 12.8 Å². The van der Waals surface area contributed by atoms with Gasteiger partial charge in [0, 0.05) is 0 Å². The molecule has 1 aromatic rings. The molecule has 1 saturated carbocycles. The number of hydrogen-bond donors (Lipinski definition) is 1. The van der Waals surface area contributed by atoms with Crippen LogP contribution in [0.4, 0.5) is 0 Å². The molecule has 13 heavy (non-hydrogen) atoms. The van der Waals surface area contributed by atoms with Gasteiger partial charge in [-0.15, -0.1) is 0 Å². The molecular weight excluding hydrogens is 164 g/mol. The number of aliphatic hydroxyl groups is 1. The van der Waals surface area contributed by atoms with E-state index in [9.17, 15) is 5.11 Å². The Morgan fingerprint density at radius 1 is 1.23 bits per heavy atom. The third-order valence-corrected chi connectivity index (χ3v) is 2.48. The lowest BCUT2D eigenvalue weighted by molar-refractivity contribution is -0.103. The largest absolute Gasteiger partial charge is 0.390 e. The maximum absolute atomic E-state index is 9.26. The Hall–Kier alpha value is -0.860. The molecule has 0 heterocycles. The smallest absolute Gasteiger partial charge is 0.0839 e. The standard InChI is InChI=1S/C11H14O2/c12-10-6-7-11(10)13-8-9-4-2-1-3-5-9/h1-5,10-12H,6-8H2/t10-,11-/m0/s1.